The Labute approximate surface area is 190 Å². The minimum absolute atomic E-state index is 0.0529. The largest absolute Gasteiger partial charge is 0.493 e. The van der Waals surface area contributed by atoms with Crippen molar-refractivity contribution in [2.24, 2.45) is 0 Å². The van der Waals surface area contributed by atoms with Crippen molar-refractivity contribution in [3.05, 3.63) is 41.3 Å². The molecule has 0 aromatic heterocycles. The van der Waals surface area contributed by atoms with Crippen molar-refractivity contribution in [2.45, 2.75) is 49.8 Å². The van der Waals surface area contributed by atoms with Gasteiger partial charge in [0, 0.05) is 17.8 Å². The van der Waals surface area contributed by atoms with Crippen molar-refractivity contribution in [3.8, 4) is 0 Å². The van der Waals surface area contributed by atoms with Gasteiger partial charge in [0.25, 0.3) is 5.91 Å². The van der Waals surface area contributed by atoms with Gasteiger partial charge >= 0.3 is 0 Å². The number of nitrogens with one attached hydrogen (secondary N) is 2. The van der Waals surface area contributed by atoms with E-state index in [1.54, 1.807) is 31.2 Å². The summed E-state index contributed by atoms with van der Waals surface area (Å²) in [6.45, 7) is 1.58. The summed E-state index contributed by atoms with van der Waals surface area (Å²) in [6.07, 6.45) is -8.99. The van der Waals surface area contributed by atoms with E-state index in [4.69, 9.17) is 14.2 Å². The van der Waals surface area contributed by atoms with Gasteiger partial charge in [-0.15, -0.1) is 0 Å². The van der Waals surface area contributed by atoms with Crippen molar-refractivity contribution >= 4 is 11.6 Å². The summed E-state index contributed by atoms with van der Waals surface area (Å²) >= 11 is 0. The molecule has 3 unspecified atom stereocenters. The molecule has 1 heterocycles. The van der Waals surface area contributed by atoms with Crippen LogP contribution >= 0.6 is 0 Å². The molecule has 12 nitrogen and oxygen atoms in total. The molecule has 184 valence electrons. The maximum absolute atomic E-state index is 12.3. The van der Waals surface area contributed by atoms with Gasteiger partial charge in [-0.3, -0.25) is 4.79 Å². The number of anilines is 1. The third kappa shape index (κ3) is 5.62. The molecule has 2 aliphatic rings. The van der Waals surface area contributed by atoms with Gasteiger partial charge in [0.05, 0.1) is 25.5 Å². The zero-order valence-corrected chi connectivity index (χ0v) is 18.0. The minimum atomic E-state index is -1.53. The average Bonchev–Trinajstić information content (AvgIpc) is 2.83. The number of ether oxygens (including phenoxy) is 3. The molecule has 1 aromatic carbocycles. The number of benzene rings is 1. The molecular weight excluding hydrogens is 440 g/mol. The third-order valence-electron chi connectivity index (χ3n) is 5.37. The van der Waals surface area contributed by atoms with Crippen molar-refractivity contribution in [1.82, 2.24) is 5.32 Å². The van der Waals surface area contributed by atoms with Crippen LogP contribution in [0.15, 0.2) is 35.7 Å². The average molecular weight is 470 g/mol. The fourth-order valence-electron chi connectivity index (χ4n) is 3.47. The standard InChI is InChI=1S/C21H30N2O10/c1-2-31-19-13(15(26)17(19)28)23-11-5-3-10(4-6-11)20(30)22-7-8-32-21-18(29)16(27)14(25)12(9-24)33-21/h3-6,12,14-18,21,23-29H,2,7-9H2,1H3,(H,22,30)/t12-,14-,15?,16+,17?,18+,21?/m1/s1. The van der Waals surface area contributed by atoms with Crippen molar-refractivity contribution in [3.63, 3.8) is 0 Å². The summed E-state index contributed by atoms with van der Waals surface area (Å²) in [6, 6.07) is 6.40. The van der Waals surface area contributed by atoms with E-state index < -0.39 is 49.5 Å². The van der Waals surface area contributed by atoms with E-state index >= 15 is 0 Å². The van der Waals surface area contributed by atoms with Gasteiger partial charge in [-0.05, 0) is 31.2 Å². The zero-order chi connectivity index (χ0) is 24.1. The Hall–Kier alpha value is -2.29. The van der Waals surface area contributed by atoms with Crippen LogP contribution in [-0.4, -0.2) is 106 Å². The Bertz CT molecular complexity index is 831. The van der Waals surface area contributed by atoms with E-state index in [2.05, 4.69) is 10.6 Å². The highest BCUT2D eigenvalue weighted by Gasteiger charge is 2.44. The number of rotatable bonds is 10. The van der Waals surface area contributed by atoms with Crippen LogP contribution in [0.2, 0.25) is 0 Å². The number of hydrogen-bond donors (Lipinski definition) is 8. The zero-order valence-electron chi connectivity index (χ0n) is 18.0. The molecule has 1 aliphatic carbocycles. The van der Waals surface area contributed by atoms with Gasteiger partial charge in [-0.25, -0.2) is 0 Å². The SMILES string of the molecule is CCOC1=C(Nc2ccc(C(=O)NCCOC3O[C@H](CO)[C@@H](O)[C@H](O)[C@@H]3O)cc2)C(O)C1O. The molecule has 0 spiro atoms. The van der Waals surface area contributed by atoms with Crippen LogP contribution in [0, 0.1) is 0 Å². The summed E-state index contributed by atoms with van der Waals surface area (Å²) in [5.74, 6) is -0.0986. The lowest BCUT2D eigenvalue weighted by atomic mass is 9.95. The Kier molecular flexibility index (Phi) is 8.62. The summed E-state index contributed by atoms with van der Waals surface area (Å²) in [7, 11) is 0. The van der Waals surface area contributed by atoms with E-state index in [1.165, 1.54) is 0 Å². The Morgan fingerprint density at radius 3 is 2.36 bits per heavy atom. The van der Waals surface area contributed by atoms with E-state index in [-0.39, 0.29) is 24.8 Å². The van der Waals surface area contributed by atoms with Crippen molar-refractivity contribution in [1.29, 1.82) is 0 Å². The predicted molar refractivity (Wildman–Crippen MR) is 113 cm³/mol. The first-order chi connectivity index (χ1) is 15.8. The smallest absolute Gasteiger partial charge is 0.251 e. The maximum atomic E-state index is 12.3. The van der Waals surface area contributed by atoms with Crippen LogP contribution in [0.5, 0.6) is 0 Å². The lowest BCUT2D eigenvalue weighted by Crippen LogP contribution is -2.59. The predicted octanol–water partition coefficient (Wildman–Crippen LogP) is -2.37. The first-order valence-corrected chi connectivity index (χ1v) is 10.6. The Balaban J connectivity index is 1.46. The van der Waals surface area contributed by atoms with Gasteiger partial charge in [-0.2, -0.15) is 0 Å². The van der Waals surface area contributed by atoms with Crippen LogP contribution in [0.1, 0.15) is 17.3 Å². The Morgan fingerprint density at radius 1 is 1.03 bits per heavy atom. The fourth-order valence-corrected chi connectivity index (χ4v) is 3.47. The van der Waals surface area contributed by atoms with Crippen molar-refractivity contribution < 1.29 is 49.6 Å². The highest BCUT2D eigenvalue weighted by atomic mass is 16.7. The van der Waals surface area contributed by atoms with Gasteiger partial charge in [0.1, 0.15) is 42.4 Å². The molecule has 12 heteroatoms. The highest BCUT2D eigenvalue weighted by molar-refractivity contribution is 5.94. The molecule has 1 aliphatic heterocycles. The fraction of sp³-hybridized carbons (Fsp3) is 0.571. The summed E-state index contributed by atoms with van der Waals surface area (Å²) in [4.78, 5) is 12.3. The van der Waals surface area contributed by atoms with E-state index in [9.17, 15) is 35.4 Å². The number of amides is 1. The molecule has 7 atom stereocenters. The van der Waals surface area contributed by atoms with Crippen LogP contribution in [0.25, 0.3) is 0 Å². The number of aliphatic hydroxyl groups excluding tert-OH is 6. The topological polar surface area (TPSA) is 190 Å². The monoisotopic (exact) mass is 470 g/mol. The Morgan fingerprint density at radius 2 is 1.73 bits per heavy atom. The van der Waals surface area contributed by atoms with E-state index in [0.29, 0.717) is 23.6 Å². The molecule has 0 saturated carbocycles. The van der Waals surface area contributed by atoms with Gasteiger partial charge in [0.15, 0.2) is 6.29 Å². The molecule has 8 N–H and O–H groups in total. The molecule has 1 aromatic rings. The van der Waals surface area contributed by atoms with Gasteiger partial charge in [0.2, 0.25) is 0 Å². The van der Waals surface area contributed by atoms with Crippen LogP contribution in [0.3, 0.4) is 0 Å². The second kappa shape index (κ2) is 11.2. The molecule has 3 rings (SSSR count). The molecule has 1 amide bonds. The lowest BCUT2D eigenvalue weighted by molar-refractivity contribution is -0.300. The summed E-state index contributed by atoms with van der Waals surface area (Å²) < 4.78 is 15.8. The van der Waals surface area contributed by atoms with Crippen LogP contribution in [0.4, 0.5) is 5.69 Å². The number of carbonyl (C=O) groups is 1. The summed E-state index contributed by atoms with van der Waals surface area (Å²) in [5.41, 5.74) is 1.32. The van der Waals surface area contributed by atoms with Crippen molar-refractivity contribution in [2.75, 3.05) is 31.7 Å². The number of carbonyl (C=O) groups excluding carboxylic acids is 1. The second-order valence-electron chi connectivity index (χ2n) is 7.63. The molecular formula is C21H30N2O10. The van der Waals surface area contributed by atoms with Crippen LogP contribution < -0.4 is 10.6 Å². The number of aliphatic hydroxyl groups is 6. The maximum Gasteiger partial charge on any atom is 0.251 e. The van der Waals surface area contributed by atoms with E-state index in [0.717, 1.165) is 0 Å². The van der Waals surface area contributed by atoms with Crippen LogP contribution in [-0.2, 0) is 14.2 Å². The lowest BCUT2D eigenvalue weighted by Gasteiger charge is -2.39. The summed E-state index contributed by atoms with van der Waals surface area (Å²) in [5, 5.41) is 63.8. The quantitative estimate of drug-likeness (QED) is 0.171. The first-order valence-electron chi connectivity index (χ1n) is 10.6. The molecule has 0 bridgehead atoms. The van der Waals surface area contributed by atoms with E-state index in [1.807, 2.05) is 0 Å². The van der Waals surface area contributed by atoms with Gasteiger partial charge < -0.3 is 55.5 Å². The molecule has 33 heavy (non-hydrogen) atoms. The molecule has 1 saturated heterocycles. The third-order valence-corrected chi connectivity index (χ3v) is 5.37. The molecule has 1 fully saturated rings. The normalized spacial score (nSPS) is 31.7. The first kappa shape index (κ1) is 25.3. The second-order valence-corrected chi connectivity index (χ2v) is 7.63. The number of hydrogen-bond acceptors (Lipinski definition) is 11. The van der Waals surface area contributed by atoms with Gasteiger partial charge in [-0.1, -0.05) is 0 Å². The highest BCUT2D eigenvalue weighted by Crippen LogP contribution is 2.31. The molecule has 0 radical (unpaired) electrons. The minimum Gasteiger partial charge on any atom is -0.493 e.